The zero-order valence-corrected chi connectivity index (χ0v) is 18.0. The van der Waals surface area contributed by atoms with E-state index in [-0.39, 0.29) is 18.8 Å². The van der Waals surface area contributed by atoms with Crippen LogP contribution in [0, 0.1) is 0 Å². The number of ether oxygens (including phenoxy) is 1. The highest BCUT2D eigenvalue weighted by atomic mass is 19.4. The number of carbonyl (C=O) groups is 2. The summed E-state index contributed by atoms with van der Waals surface area (Å²) in [5.74, 6) is 0.209. The van der Waals surface area contributed by atoms with Gasteiger partial charge in [-0.15, -0.1) is 0 Å². The van der Waals surface area contributed by atoms with Crippen molar-refractivity contribution in [3.05, 3.63) is 71.8 Å². The van der Waals surface area contributed by atoms with E-state index < -0.39 is 35.4 Å². The second-order valence-electron chi connectivity index (χ2n) is 8.25. The maximum atomic E-state index is 12.8. The predicted molar refractivity (Wildman–Crippen MR) is 117 cm³/mol. The molecule has 0 aliphatic carbocycles. The number of rotatable bonds is 5. The minimum Gasteiger partial charge on any atom is -0.465 e. The molecular weight excluding hydrogens is 453 g/mol. The van der Waals surface area contributed by atoms with Gasteiger partial charge in [0.25, 0.3) is 5.91 Å². The van der Waals surface area contributed by atoms with Crippen LogP contribution in [0.2, 0.25) is 0 Å². The molecule has 0 saturated carbocycles. The third kappa shape index (κ3) is 4.62. The molecule has 0 unspecified atom stereocenters. The quantitative estimate of drug-likeness (QED) is 0.506. The number of aliphatic hydroxyl groups is 1. The molecule has 1 heterocycles. The van der Waals surface area contributed by atoms with Gasteiger partial charge in [-0.25, -0.2) is 4.79 Å². The lowest BCUT2D eigenvalue weighted by Crippen LogP contribution is -2.71. The summed E-state index contributed by atoms with van der Waals surface area (Å²) in [6, 6.07) is 13.7. The van der Waals surface area contributed by atoms with Crippen LogP contribution in [0.1, 0.15) is 22.8 Å². The van der Waals surface area contributed by atoms with Gasteiger partial charge < -0.3 is 25.2 Å². The Kier molecular flexibility index (Phi) is 5.86. The molecule has 1 fully saturated rings. The molecule has 0 aromatic heterocycles. The molecular formula is C24H21F3N2O5. The Morgan fingerprint density at radius 2 is 1.76 bits per heavy atom. The molecule has 1 saturated heterocycles. The van der Waals surface area contributed by atoms with E-state index in [0.717, 1.165) is 17.0 Å². The third-order valence-electron chi connectivity index (χ3n) is 5.87. The van der Waals surface area contributed by atoms with Gasteiger partial charge >= 0.3 is 12.3 Å². The van der Waals surface area contributed by atoms with Crippen LogP contribution >= 0.6 is 0 Å². The van der Waals surface area contributed by atoms with E-state index in [1.54, 1.807) is 43.3 Å². The molecule has 2 amide bonds. The molecule has 34 heavy (non-hydrogen) atoms. The third-order valence-corrected chi connectivity index (χ3v) is 5.87. The number of likely N-dealkylation sites (tertiary alicyclic amines) is 1. The van der Waals surface area contributed by atoms with E-state index in [1.807, 2.05) is 0 Å². The Morgan fingerprint density at radius 3 is 2.38 bits per heavy atom. The van der Waals surface area contributed by atoms with Crippen molar-refractivity contribution in [1.82, 2.24) is 10.2 Å². The zero-order valence-electron chi connectivity index (χ0n) is 18.0. The van der Waals surface area contributed by atoms with Gasteiger partial charge in [-0.2, -0.15) is 13.2 Å². The lowest BCUT2D eigenvalue weighted by molar-refractivity contribution is -0.137. The predicted octanol–water partition coefficient (Wildman–Crippen LogP) is 4.49. The SMILES string of the molecule is C[C@H](NC(=O)c1ccc2c(Oc3ccc(C(F)(F)F)cc3)cccc2c1)C1(O)CN(C(=O)O)C1. The highest BCUT2D eigenvalue weighted by Crippen LogP contribution is 2.34. The molecule has 3 aromatic carbocycles. The van der Waals surface area contributed by atoms with Crippen LogP contribution in [0.15, 0.2) is 60.7 Å². The number of carbonyl (C=O) groups excluding carboxylic acids is 1. The summed E-state index contributed by atoms with van der Waals surface area (Å²) < 4.78 is 44.1. The van der Waals surface area contributed by atoms with Gasteiger partial charge in [-0.3, -0.25) is 4.79 Å². The van der Waals surface area contributed by atoms with Crippen molar-refractivity contribution in [3.8, 4) is 11.5 Å². The van der Waals surface area contributed by atoms with E-state index in [0.29, 0.717) is 22.1 Å². The maximum Gasteiger partial charge on any atom is 0.416 e. The Balaban J connectivity index is 1.48. The molecule has 178 valence electrons. The molecule has 1 aliphatic rings. The van der Waals surface area contributed by atoms with E-state index in [1.165, 1.54) is 12.1 Å². The summed E-state index contributed by atoms with van der Waals surface area (Å²) in [6.07, 6.45) is -5.57. The Labute approximate surface area is 192 Å². The standard InChI is InChI=1S/C24H21F3N2O5/c1-14(23(33)12-29(13-23)22(31)32)28-21(30)16-5-10-19-15(11-16)3-2-4-20(19)34-18-8-6-17(7-9-18)24(25,26)27/h2-11,14,33H,12-13H2,1H3,(H,28,30)(H,31,32)/t14-/m0/s1. The Bertz CT molecular complexity index is 1240. The topological polar surface area (TPSA) is 99.1 Å². The number of nitrogens with one attached hydrogen (secondary N) is 1. The van der Waals surface area contributed by atoms with Crippen LogP contribution in [0.5, 0.6) is 11.5 Å². The first kappa shape index (κ1) is 23.4. The summed E-state index contributed by atoms with van der Waals surface area (Å²) in [4.78, 5) is 24.7. The second kappa shape index (κ2) is 8.53. The molecule has 3 N–H and O–H groups in total. The second-order valence-corrected chi connectivity index (χ2v) is 8.25. The lowest BCUT2D eigenvalue weighted by atomic mass is 9.87. The van der Waals surface area contributed by atoms with Crippen LogP contribution in [-0.4, -0.2) is 51.8 Å². The molecule has 1 atom stereocenters. The van der Waals surface area contributed by atoms with Gasteiger partial charge in [0, 0.05) is 10.9 Å². The molecule has 0 radical (unpaired) electrons. The number of hydrogen-bond donors (Lipinski definition) is 3. The number of alkyl halides is 3. The van der Waals surface area contributed by atoms with E-state index in [2.05, 4.69) is 5.32 Å². The van der Waals surface area contributed by atoms with Crippen LogP contribution in [0.25, 0.3) is 10.8 Å². The number of nitrogens with zero attached hydrogens (tertiary/aromatic N) is 1. The maximum absolute atomic E-state index is 12.8. The number of hydrogen-bond acceptors (Lipinski definition) is 4. The van der Waals surface area contributed by atoms with Gasteiger partial charge in [-0.1, -0.05) is 12.1 Å². The smallest absolute Gasteiger partial charge is 0.416 e. The van der Waals surface area contributed by atoms with Crippen LogP contribution in [0.3, 0.4) is 0 Å². The molecule has 0 bridgehead atoms. The molecule has 7 nitrogen and oxygen atoms in total. The van der Waals surface area contributed by atoms with Crippen molar-refractivity contribution in [3.63, 3.8) is 0 Å². The lowest BCUT2D eigenvalue weighted by Gasteiger charge is -2.48. The largest absolute Gasteiger partial charge is 0.465 e. The average molecular weight is 474 g/mol. The first-order valence-corrected chi connectivity index (χ1v) is 10.4. The number of amides is 2. The summed E-state index contributed by atoms with van der Waals surface area (Å²) in [5.41, 5.74) is -1.79. The van der Waals surface area contributed by atoms with Crippen LogP contribution in [0.4, 0.5) is 18.0 Å². The first-order valence-electron chi connectivity index (χ1n) is 10.4. The summed E-state index contributed by atoms with van der Waals surface area (Å²) in [5, 5.41) is 23.5. The van der Waals surface area contributed by atoms with Crippen molar-refractivity contribution < 1.29 is 37.7 Å². The van der Waals surface area contributed by atoms with Gasteiger partial charge in [0.05, 0.1) is 24.7 Å². The highest BCUT2D eigenvalue weighted by molar-refractivity contribution is 6.00. The highest BCUT2D eigenvalue weighted by Gasteiger charge is 2.48. The Morgan fingerprint density at radius 1 is 1.09 bits per heavy atom. The number of carboxylic acid groups (broad SMARTS) is 1. The fourth-order valence-corrected chi connectivity index (χ4v) is 3.76. The molecule has 10 heteroatoms. The minimum absolute atomic E-state index is 0.0911. The normalized spacial score (nSPS) is 16.0. The fraction of sp³-hybridized carbons (Fsp3) is 0.250. The zero-order chi connectivity index (χ0) is 24.7. The molecule has 3 aromatic rings. The fourth-order valence-electron chi connectivity index (χ4n) is 3.76. The summed E-state index contributed by atoms with van der Waals surface area (Å²) in [6.45, 7) is 1.42. The van der Waals surface area contributed by atoms with Crippen molar-refractivity contribution in [2.24, 2.45) is 0 Å². The summed E-state index contributed by atoms with van der Waals surface area (Å²) >= 11 is 0. The van der Waals surface area contributed by atoms with Gasteiger partial charge in [-0.05, 0) is 60.8 Å². The number of benzene rings is 3. The van der Waals surface area contributed by atoms with E-state index in [4.69, 9.17) is 9.84 Å². The number of fused-ring (bicyclic) bond motifs is 1. The molecule has 1 aliphatic heterocycles. The van der Waals surface area contributed by atoms with Gasteiger partial charge in [0.15, 0.2) is 0 Å². The van der Waals surface area contributed by atoms with Crippen molar-refractivity contribution in [2.45, 2.75) is 24.7 Å². The monoisotopic (exact) mass is 474 g/mol. The van der Waals surface area contributed by atoms with Crippen molar-refractivity contribution in [2.75, 3.05) is 13.1 Å². The minimum atomic E-state index is -4.43. The number of β-amino-alcohol motifs (C(OH)–C–C–N with tert-alkyl or cyclic N) is 1. The summed E-state index contributed by atoms with van der Waals surface area (Å²) in [7, 11) is 0. The molecule has 0 spiro atoms. The van der Waals surface area contributed by atoms with Crippen molar-refractivity contribution >= 4 is 22.8 Å². The average Bonchev–Trinajstić information content (AvgIpc) is 2.76. The van der Waals surface area contributed by atoms with Crippen molar-refractivity contribution in [1.29, 1.82) is 0 Å². The Hall–Kier alpha value is -3.79. The molecule has 4 rings (SSSR count). The van der Waals surface area contributed by atoms with Gasteiger partial charge in [0.1, 0.15) is 17.1 Å². The van der Waals surface area contributed by atoms with Crippen LogP contribution in [-0.2, 0) is 6.18 Å². The van der Waals surface area contributed by atoms with Crippen LogP contribution < -0.4 is 10.1 Å². The number of halogens is 3. The van der Waals surface area contributed by atoms with E-state index in [9.17, 15) is 27.9 Å². The van der Waals surface area contributed by atoms with E-state index >= 15 is 0 Å². The first-order chi connectivity index (χ1) is 16.0. The van der Waals surface area contributed by atoms with Gasteiger partial charge in [0.2, 0.25) is 0 Å².